The van der Waals surface area contributed by atoms with E-state index in [9.17, 15) is 0 Å². The van der Waals surface area contributed by atoms with E-state index in [-0.39, 0.29) is 5.60 Å². The number of likely N-dealkylation sites (N-methyl/N-ethyl adjacent to an activating group) is 1. The van der Waals surface area contributed by atoms with Crippen LogP contribution in [0.2, 0.25) is 0 Å². The van der Waals surface area contributed by atoms with Crippen molar-refractivity contribution in [3.63, 3.8) is 0 Å². The Bertz CT molecular complexity index is 309. The van der Waals surface area contributed by atoms with Gasteiger partial charge in [-0.25, -0.2) is 0 Å². The molecular weight excluding hydrogens is 212 g/mol. The van der Waals surface area contributed by atoms with Crippen LogP contribution in [0.3, 0.4) is 0 Å². The summed E-state index contributed by atoms with van der Waals surface area (Å²) in [5.74, 6) is 0. The first kappa shape index (κ1) is 14.1. The molecule has 2 atom stereocenters. The highest BCUT2D eigenvalue weighted by Crippen LogP contribution is 2.22. The molecule has 0 spiro atoms. The molecule has 1 rings (SSSR count). The third-order valence-electron chi connectivity index (χ3n) is 3.55. The Kier molecular flexibility index (Phi) is 5.59. The number of pyridine rings is 1. The minimum Gasteiger partial charge on any atom is -0.377 e. The van der Waals surface area contributed by atoms with Crippen molar-refractivity contribution in [2.75, 3.05) is 13.7 Å². The second-order valence-corrected chi connectivity index (χ2v) is 4.54. The molecule has 0 aliphatic carbocycles. The van der Waals surface area contributed by atoms with Crippen LogP contribution in [0.4, 0.5) is 0 Å². The molecular formula is C14H24N2O. The number of rotatable bonds is 7. The molecule has 0 amide bonds. The molecule has 1 aromatic rings. The maximum atomic E-state index is 5.70. The van der Waals surface area contributed by atoms with Gasteiger partial charge in [0.1, 0.15) is 0 Å². The van der Waals surface area contributed by atoms with Crippen molar-refractivity contribution in [2.24, 2.45) is 0 Å². The molecule has 17 heavy (non-hydrogen) atoms. The molecule has 0 radical (unpaired) electrons. The van der Waals surface area contributed by atoms with Gasteiger partial charge >= 0.3 is 0 Å². The molecule has 1 N–H and O–H groups in total. The standard InChI is InChI=1S/C14H24N2O/c1-5-14(3,17-4)13(16-6-2)11-12-7-9-15-10-8-12/h7-10,13,16H,5-6,11H2,1-4H3. The van der Waals surface area contributed by atoms with E-state index >= 15 is 0 Å². The van der Waals surface area contributed by atoms with Gasteiger partial charge < -0.3 is 10.1 Å². The summed E-state index contributed by atoms with van der Waals surface area (Å²) in [5.41, 5.74) is 1.17. The van der Waals surface area contributed by atoms with E-state index in [0.717, 1.165) is 19.4 Å². The molecule has 0 bridgehead atoms. The van der Waals surface area contributed by atoms with Crippen LogP contribution < -0.4 is 5.32 Å². The highest BCUT2D eigenvalue weighted by molar-refractivity contribution is 5.13. The second-order valence-electron chi connectivity index (χ2n) is 4.54. The molecule has 0 aliphatic rings. The molecule has 3 nitrogen and oxygen atoms in total. The SMILES string of the molecule is CCNC(Cc1ccncc1)C(C)(CC)OC. The lowest BCUT2D eigenvalue weighted by molar-refractivity contribution is -0.0283. The summed E-state index contributed by atoms with van der Waals surface area (Å²) in [6.45, 7) is 7.42. The summed E-state index contributed by atoms with van der Waals surface area (Å²) in [7, 11) is 1.79. The zero-order valence-corrected chi connectivity index (χ0v) is 11.4. The third kappa shape index (κ3) is 3.79. The van der Waals surface area contributed by atoms with Crippen molar-refractivity contribution in [1.82, 2.24) is 10.3 Å². The van der Waals surface area contributed by atoms with E-state index in [1.807, 2.05) is 12.4 Å². The number of nitrogens with zero attached hydrogens (tertiary/aromatic N) is 1. The summed E-state index contributed by atoms with van der Waals surface area (Å²) in [5, 5.41) is 3.53. The van der Waals surface area contributed by atoms with Crippen LogP contribution in [0.1, 0.15) is 32.8 Å². The smallest absolute Gasteiger partial charge is 0.0803 e. The zero-order valence-electron chi connectivity index (χ0n) is 11.4. The van der Waals surface area contributed by atoms with Gasteiger partial charge in [0.15, 0.2) is 0 Å². The van der Waals surface area contributed by atoms with Gasteiger partial charge in [-0.3, -0.25) is 4.98 Å². The monoisotopic (exact) mass is 236 g/mol. The van der Waals surface area contributed by atoms with Crippen molar-refractivity contribution in [3.05, 3.63) is 30.1 Å². The lowest BCUT2D eigenvalue weighted by Gasteiger charge is -2.36. The minimum atomic E-state index is -0.126. The van der Waals surface area contributed by atoms with E-state index in [1.165, 1.54) is 5.56 Å². The molecule has 0 aromatic carbocycles. The fourth-order valence-electron chi connectivity index (χ4n) is 2.04. The summed E-state index contributed by atoms with van der Waals surface area (Å²) in [6.07, 6.45) is 5.64. The Balaban J connectivity index is 2.79. The van der Waals surface area contributed by atoms with Gasteiger partial charge in [-0.2, -0.15) is 0 Å². The van der Waals surface area contributed by atoms with Crippen molar-refractivity contribution >= 4 is 0 Å². The normalized spacial score (nSPS) is 16.5. The number of ether oxygens (including phenoxy) is 1. The van der Waals surface area contributed by atoms with Gasteiger partial charge in [0.2, 0.25) is 0 Å². The number of aromatic nitrogens is 1. The quantitative estimate of drug-likeness (QED) is 0.789. The third-order valence-corrected chi connectivity index (χ3v) is 3.55. The van der Waals surface area contributed by atoms with Crippen molar-refractivity contribution in [2.45, 2.75) is 45.3 Å². The number of hydrogen-bond donors (Lipinski definition) is 1. The largest absolute Gasteiger partial charge is 0.377 e. The van der Waals surface area contributed by atoms with E-state index in [4.69, 9.17) is 4.74 Å². The van der Waals surface area contributed by atoms with Gasteiger partial charge in [0.25, 0.3) is 0 Å². The molecule has 3 heteroatoms. The molecule has 96 valence electrons. The molecule has 0 saturated carbocycles. The van der Waals surface area contributed by atoms with Crippen LogP contribution >= 0.6 is 0 Å². The first-order valence-electron chi connectivity index (χ1n) is 6.33. The number of hydrogen-bond acceptors (Lipinski definition) is 3. The second kappa shape index (κ2) is 6.72. The Morgan fingerprint density at radius 2 is 2.00 bits per heavy atom. The Hall–Kier alpha value is -0.930. The van der Waals surface area contributed by atoms with Crippen LogP contribution in [0, 0.1) is 0 Å². The molecule has 0 aliphatic heterocycles. The highest BCUT2D eigenvalue weighted by atomic mass is 16.5. The summed E-state index contributed by atoms with van der Waals surface area (Å²) < 4.78 is 5.70. The number of nitrogens with one attached hydrogen (secondary N) is 1. The average molecular weight is 236 g/mol. The van der Waals surface area contributed by atoms with Crippen LogP contribution in [-0.2, 0) is 11.2 Å². The molecule has 0 saturated heterocycles. The van der Waals surface area contributed by atoms with Gasteiger partial charge in [-0.1, -0.05) is 13.8 Å². The van der Waals surface area contributed by atoms with Gasteiger partial charge in [0, 0.05) is 25.5 Å². The lowest BCUT2D eigenvalue weighted by atomic mass is 9.88. The minimum absolute atomic E-state index is 0.126. The number of methoxy groups -OCH3 is 1. The van der Waals surface area contributed by atoms with E-state index in [1.54, 1.807) is 7.11 Å². The van der Waals surface area contributed by atoms with Crippen molar-refractivity contribution in [3.8, 4) is 0 Å². The average Bonchev–Trinajstić information content (AvgIpc) is 2.38. The predicted octanol–water partition coefficient (Wildman–Crippen LogP) is 2.42. The van der Waals surface area contributed by atoms with E-state index in [0.29, 0.717) is 6.04 Å². The van der Waals surface area contributed by atoms with Gasteiger partial charge in [-0.15, -0.1) is 0 Å². The summed E-state index contributed by atoms with van der Waals surface area (Å²) >= 11 is 0. The van der Waals surface area contributed by atoms with Gasteiger partial charge in [-0.05, 0) is 44.0 Å². The van der Waals surface area contributed by atoms with Gasteiger partial charge in [0.05, 0.1) is 5.60 Å². The predicted molar refractivity (Wildman–Crippen MR) is 71.1 cm³/mol. The molecule has 1 aromatic heterocycles. The van der Waals surface area contributed by atoms with Crippen molar-refractivity contribution in [1.29, 1.82) is 0 Å². The first-order valence-corrected chi connectivity index (χ1v) is 6.33. The summed E-state index contributed by atoms with van der Waals surface area (Å²) in [4.78, 5) is 4.05. The molecule has 2 unspecified atom stereocenters. The Morgan fingerprint density at radius 1 is 1.35 bits per heavy atom. The lowest BCUT2D eigenvalue weighted by Crippen LogP contribution is -2.51. The summed E-state index contributed by atoms with van der Waals surface area (Å²) in [6, 6.07) is 4.46. The Morgan fingerprint density at radius 3 is 2.47 bits per heavy atom. The maximum absolute atomic E-state index is 5.70. The Labute approximate surface area is 105 Å². The van der Waals surface area contributed by atoms with E-state index in [2.05, 4.69) is 43.2 Å². The first-order chi connectivity index (χ1) is 8.16. The van der Waals surface area contributed by atoms with Crippen LogP contribution in [0.15, 0.2) is 24.5 Å². The highest BCUT2D eigenvalue weighted by Gasteiger charge is 2.31. The van der Waals surface area contributed by atoms with Crippen LogP contribution in [-0.4, -0.2) is 30.3 Å². The maximum Gasteiger partial charge on any atom is 0.0803 e. The fraction of sp³-hybridized carbons (Fsp3) is 0.643. The van der Waals surface area contributed by atoms with E-state index < -0.39 is 0 Å². The van der Waals surface area contributed by atoms with Crippen molar-refractivity contribution < 1.29 is 4.74 Å². The molecule has 1 heterocycles. The molecule has 0 fully saturated rings. The van der Waals surface area contributed by atoms with Crippen LogP contribution in [0.25, 0.3) is 0 Å². The topological polar surface area (TPSA) is 34.2 Å². The zero-order chi connectivity index (χ0) is 12.7. The van der Waals surface area contributed by atoms with Crippen LogP contribution in [0.5, 0.6) is 0 Å². The fourth-order valence-corrected chi connectivity index (χ4v) is 2.04.